The Morgan fingerprint density at radius 3 is 2.65 bits per heavy atom. The van der Waals surface area contributed by atoms with Crippen LogP contribution in [0.15, 0.2) is 18.2 Å². The van der Waals surface area contributed by atoms with E-state index in [9.17, 15) is 18.0 Å². The van der Waals surface area contributed by atoms with E-state index in [0.717, 1.165) is 6.07 Å². The van der Waals surface area contributed by atoms with Gasteiger partial charge in [-0.3, -0.25) is 9.89 Å². The molecule has 1 aromatic carbocycles. The molecular weight excluding hydrogens is 275 g/mol. The van der Waals surface area contributed by atoms with E-state index < -0.39 is 17.6 Å². The van der Waals surface area contributed by atoms with Crippen molar-refractivity contribution in [3.05, 3.63) is 35.2 Å². The molecule has 0 unspecified atom stereocenters. The first-order chi connectivity index (χ1) is 9.27. The minimum atomic E-state index is -4.48. The predicted molar refractivity (Wildman–Crippen MR) is 64.9 cm³/mol. The van der Waals surface area contributed by atoms with Gasteiger partial charge in [-0.15, -0.1) is 5.10 Å². The lowest BCUT2D eigenvalue weighted by atomic mass is 10.1. The minimum absolute atomic E-state index is 0.00268. The average Bonchev–Trinajstić information content (AvgIpc) is 2.77. The quantitative estimate of drug-likeness (QED) is 0.785. The number of carbonyl (C=O) groups excluding carboxylic acids is 1. The van der Waals surface area contributed by atoms with Crippen LogP contribution in [0.1, 0.15) is 21.7 Å². The first-order valence-electron chi connectivity index (χ1n) is 5.44. The molecule has 0 radical (unpaired) electrons. The Morgan fingerprint density at radius 2 is 2.10 bits per heavy atom. The molecule has 1 heterocycles. The van der Waals surface area contributed by atoms with Gasteiger partial charge in [0.25, 0.3) is 5.91 Å². The first-order valence-corrected chi connectivity index (χ1v) is 5.44. The highest BCUT2D eigenvalue weighted by Crippen LogP contribution is 2.33. The highest BCUT2D eigenvalue weighted by molar-refractivity contribution is 6.01. The van der Waals surface area contributed by atoms with Crippen LogP contribution in [0.5, 0.6) is 0 Å². The summed E-state index contributed by atoms with van der Waals surface area (Å²) in [6, 6.07) is 3.49. The van der Waals surface area contributed by atoms with Gasteiger partial charge in [-0.1, -0.05) is 6.07 Å². The summed E-state index contributed by atoms with van der Waals surface area (Å²) in [4.78, 5) is 15.3. The molecule has 106 valence electrons. The van der Waals surface area contributed by atoms with Crippen molar-refractivity contribution in [3.63, 3.8) is 0 Å². The molecule has 9 heteroatoms. The zero-order chi connectivity index (χ0) is 14.9. The summed E-state index contributed by atoms with van der Waals surface area (Å²) in [6.45, 7) is 1.34. The van der Waals surface area contributed by atoms with Gasteiger partial charge in [-0.25, -0.2) is 0 Å². The van der Waals surface area contributed by atoms with Crippen molar-refractivity contribution in [2.75, 3.05) is 11.1 Å². The largest absolute Gasteiger partial charge is 0.416 e. The summed E-state index contributed by atoms with van der Waals surface area (Å²) >= 11 is 0. The summed E-state index contributed by atoms with van der Waals surface area (Å²) in [5, 5.41) is 8.00. The molecule has 0 saturated carbocycles. The van der Waals surface area contributed by atoms with Crippen LogP contribution in [0.4, 0.5) is 24.8 Å². The second-order valence-electron chi connectivity index (χ2n) is 4.02. The standard InChI is InChI=1S/C11H10F3N5O/c1-5-2-3-6(4-7(5)11(12,13)14)16-9(20)8-17-10(15)19-18-8/h2-4H,1H3,(H,16,20)(H3,15,17,18,19). The fourth-order valence-corrected chi connectivity index (χ4v) is 1.57. The topological polar surface area (TPSA) is 96.7 Å². The molecule has 0 saturated heterocycles. The number of aromatic amines is 1. The fourth-order valence-electron chi connectivity index (χ4n) is 1.57. The van der Waals surface area contributed by atoms with E-state index in [4.69, 9.17) is 5.73 Å². The third kappa shape index (κ3) is 2.87. The minimum Gasteiger partial charge on any atom is -0.366 e. The molecule has 0 bridgehead atoms. The number of hydrogen-bond donors (Lipinski definition) is 3. The molecule has 0 fully saturated rings. The average molecular weight is 285 g/mol. The van der Waals surface area contributed by atoms with Gasteiger partial charge in [0.2, 0.25) is 11.8 Å². The monoisotopic (exact) mass is 285 g/mol. The second kappa shape index (κ2) is 4.83. The van der Waals surface area contributed by atoms with Crippen LogP contribution < -0.4 is 11.1 Å². The third-order valence-electron chi connectivity index (χ3n) is 2.52. The van der Waals surface area contributed by atoms with Gasteiger partial charge in [0.1, 0.15) is 0 Å². The number of carbonyl (C=O) groups is 1. The van der Waals surface area contributed by atoms with Gasteiger partial charge in [0, 0.05) is 5.69 Å². The molecule has 0 aliphatic rings. The van der Waals surface area contributed by atoms with Crippen molar-refractivity contribution >= 4 is 17.5 Å². The first kappa shape index (κ1) is 13.8. The van der Waals surface area contributed by atoms with Crippen molar-refractivity contribution in [2.45, 2.75) is 13.1 Å². The molecule has 0 atom stereocenters. The Labute approximate surface area is 111 Å². The molecule has 20 heavy (non-hydrogen) atoms. The highest BCUT2D eigenvalue weighted by Gasteiger charge is 2.32. The van der Waals surface area contributed by atoms with Crippen LogP contribution in [0.3, 0.4) is 0 Å². The number of nitrogen functional groups attached to an aromatic ring is 1. The maximum Gasteiger partial charge on any atom is 0.416 e. The number of halogens is 3. The van der Waals surface area contributed by atoms with Crippen molar-refractivity contribution in [1.82, 2.24) is 15.2 Å². The predicted octanol–water partition coefficient (Wildman–Crippen LogP) is 1.97. The Bertz CT molecular complexity index is 650. The van der Waals surface area contributed by atoms with Crippen LogP contribution >= 0.6 is 0 Å². The van der Waals surface area contributed by atoms with E-state index in [1.165, 1.54) is 19.1 Å². The summed E-state index contributed by atoms with van der Waals surface area (Å²) in [5.41, 5.74) is 4.49. The van der Waals surface area contributed by atoms with E-state index >= 15 is 0 Å². The van der Waals surface area contributed by atoms with E-state index in [1.807, 2.05) is 0 Å². The lowest BCUT2D eigenvalue weighted by Crippen LogP contribution is -2.15. The molecule has 1 amide bonds. The Morgan fingerprint density at radius 1 is 1.40 bits per heavy atom. The van der Waals surface area contributed by atoms with E-state index in [0.29, 0.717) is 0 Å². The maximum absolute atomic E-state index is 12.7. The molecule has 1 aromatic heterocycles. The normalized spacial score (nSPS) is 11.4. The summed E-state index contributed by atoms with van der Waals surface area (Å²) < 4.78 is 38.2. The molecule has 0 spiro atoms. The van der Waals surface area contributed by atoms with Gasteiger partial charge in [-0.05, 0) is 24.6 Å². The Balaban J connectivity index is 2.24. The lowest BCUT2D eigenvalue weighted by Gasteiger charge is -2.12. The van der Waals surface area contributed by atoms with Gasteiger partial charge >= 0.3 is 6.18 Å². The third-order valence-corrected chi connectivity index (χ3v) is 2.52. The molecule has 0 aliphatic carbocycles. The number of aromatic nitrogens is 3. The maximum atomic E-state index is 12.7. The molecular formula is C11H10F3N5O. The number of benzene rings is 1. The SMILES string of the molecule is Cc1ccc(NC(=O)c2nc(N)n[nH]2)cc1C(F)(F)F. The molecule has 4 N–H and O–H groups in total. The number of H-pyrrole nitrogens is 1. The fraction of sp³-hybridized carbons (Fsp3) is 0.182. The van der Waals surface area contributed by atoms with E-state index in [2.05, 4.69) is 20.5 Å². The lowest BCUT2D eigenvalue weighted by molar-refractivity contribution is -0.138. The van der Waals surface area contributed by atoms with Crippen molar-refractivity contribution in [1.29, 1.82) is 0 Å². The number of nitrogens with two attached hydrogens (primary N) is 1. The van der Waals surface area contributed by atoms with Gasteiger partial charge in [0.05, 0.1) is 5.56 Å². The summed E-state index contributed by atoms with van der Waals surface area (Å²) in [7, 11) is 0. The van der Waals surface area contributed by atoms with Crippen molar-refractivity contribution in [2.24, 2.45) is 0 Å². The highest BCUT2D eigenvalue weighted by atomic mass is 19.4. The van der Waals surface area contributed by atoms with Crippen LogP contribution in [0.25, 0.3) is 0 Å². The van der Waals surface area contributed by atoms with E-state index in [1.54, 1.807) is 0 Å². The zero-order valence-corrected chi connectivity index (χ0v) is 10.2. The number of anilines is 2. The number of aryl methyl sites for hydroxylation is 1. The number of amides is 1. The van der Waals surface area contributed by atoms with Crippen LogP contribution in [0.2, 0.25) is 0 Å². The number of hydrogen-bond acceptors (Lipinski definition) is 4. The Hall–Kier alpha value is -2.58. The summed E-state index contributed by atoms with van der Waals surface area (Å²) in [5.74, 6) is -1.04. The van der Waals surface area contributed by atoms with Crippen LogP contribution in [-0.2, 0) is 6.18 Å². The van der Waals surface area contributed by atoms with Gasteiger partial charge < -0.3 is 11.1 Å². The van der Waals surface area contributed by atoms with Crippen LogP contribution in [0, 0.1) is 6.92 Å². The van der Waals surface area contributed by atoms with Gasteiger partial charge in [0.15, 0.2) is 0 Å². The molecule has 6 nitrogen and oxygen atoms in total. The summed E-state index contributed by atoms with van der Waals surface area (Å²) in [6.07, 6.45) is -4.48. The number of alkyl halides is 3. The van der Waals surface area contributed by atoms with Gasteiger partial charge in [-0.2, -0.15) is 18.2 Å². The zero-order valence-electron chi connectivity index (χ0n) is 10.2. The molecule has 0 aliphatic heterocycles. The second-order valence-corrected chi connectivity index (χ2v) is 4.02. The van der Waals surface area contributed by atoms with E-state index in [-0.39, 0.29) is 23.0 Å². The molecule has 2 aromatic rings. The van der Waals surface area contributed by atoms with Crippen LogP contribution in [-0.4, -0.2) is 21.1 Å². The number of rotatable bonds is 2. The molecule has 2 rings (SSSR count). The number of nitrogens with one attached hydrogen (secondary N) is 2. The number of nitrogens with zero attached hydrogens (tertiary/aromatic N) is 2. The van der Waals surface area contributed by atoms with Crippen molar-refractivity contribution in [3.8, 4) is 0 Å². The van der Waals surface area contributed by atoms with Crippen molar-refractivity contribution < 1.29 is 18.0 Å². The smallest absolute Gasteiger partial charge is 0.366 e. The Kier molecular flexibility index (Phi) is 3.35.